The van der Waals surface area contributed by atoms with Crippen LogP contribution in [-0.4, -0.2) is 42.8 Å². The summed E-state index contributed by atoms with van der Waals surface area (Å²) in [6.45, 7) is 0. The van der Waals surface area contributed by atoms with Crippen LogP contribution < -0.4 is 13.7 Å². The Hall–Kier alpha value is -3.14. The van der Waals surface area contributed by atoms with Crippen molar-refractivity contribution in [3.8, 4) is 22.9 Å². The number of benzene rings is 2. The van der Waals surface area contributed by atoms with E-state index < -0.39 is 10.1 Å². The highest BCUT2D eigenvalue weighted by Crippen LogP contribution is 2.30. The van der Waals surface area contributed by atoms with Crippen molar-refractivity contribution < 1.29 is 22.1 Å². The van der Waals surface area contributed by atoms with Gasteiger partial charge >= 0.3 is 10.1 Å². The van der Waals surface area contributed by atoms with Crippen LogP contribution in [0.5, 0.6) is 17.2 Å². The molecule has 0 saturated carbocycles. The third-order valence-electron chi connectivity index (χ3n) is 3.28. The lowest BCUT2D eigenvalue weighted by Gasteiger charge is -2.12. The molecule has 0 spiro atoms. The van der Waals surface area contributed by atoms with Crippen LogP contribution in [0.25, 0.3) is 5.69 Å². The van der Waals surface area contributed by atoms with Gasteiger partial charge in [-0.3, -0.25) is 0 Å². The lowest BCUT2D eigenvalue weighted by molar-refractivity contribution is 0.388. The summed E-state index contributed by atoms with van der Waals surface area (Å²) >= 11 is 0. The molecule has 2 aromatic carbocycles. The van der Waals surface area contributed by atoms with Gasteiger partial charge in [0.1, 0.15) is 23.6 Å². The van der Waals surface area contributed by atoms with Crippen molar-refractivity contribution in [2.24, 2.45) is 0 Å². The maximum absolute atomic E-state index is 12.6. The maximum atomic E-state index is 12.6. The molecule has 0 saturated heterocycles. The van der Waals surface area contributed by atoms with E-state index >= 15 is 0 Å². The fraction of sp³-hybridized carbons (Fsp3) is 0.133. The molecule has 25 heavy (non-hydrogen) atoms. The fourth-order valence-electron chi connectivity index (χ4n) is 2.11. The van der Waals surface area contributed by atoms with Crippen LogP contribution >= 0.6 is 0 Å². The first-order valence-corrected chi connectivity index (χ1v) is 8.44. The number of hydrogen-bond donors (Lipinski definition) is 0. The minimum Gasteiger partial charge on any atom is -0.497 e. The second-order valence-electron chi connectivity index (χ2n) is 4.81. The minimum absolute atomic E-state index is 0.109. The quantitative estimate of drug-likeness (QED) is 0.607. The highest BCUT2D eigenvalue weighted by molar-refractivity contribution is 7.87. The van der Waals surface area contributed by atoms with E-state index in [9.17, 15) is 8.42 Å². The van der Waals surface area contributed by atoms with E-state index in [0.717, 1.165) is 0 Å². The summed E-state index contributed by atoms with van der Waals surface area (Å²) in [5.41, 5.74) is 0.551. The monoisotopic (exact) mass is 362 g/mol. The van der Waals surface area contributed by atoms with E-state index in [0.29, 0.717) is 11.4 Å². The zero-order valence-electron chi connectivity index (χ0n) is 13.4. The predicted molar refractivity (Wildman–Crippen MR) is 86.5 cm³/mol. The summed E-state index contributed by atoms with van der Waals surface area (Å²) in [4.78, 5) is -0.137. The SMILES string of the molecule is COc1ccc(OC)c(S(=O)(=O)Oc2cccc(-n3cnnn3)c2)c1. The Bertz CT molecular complexity index is 973. The molecular formula is C15H14N4O5S. The molecule has 0 atom stereocenters. The van der Waals surface area contributed by atoms with E-state index in [1.54, 1.807) is 18.2 Å². The second kappa shape index (κ2) is 6.77. The van der Waals surface area contributed by atoms with Crippen molar-refractivity contribution in [2.75, 3.05) is 14.2 Å². The van der Waals surface area contributed by atoms with E-state index in [1.165, 1.54) is 49.5 Å². The summed E-state index contributed by atoms with van der Waals surface area (Å²) in [6.07, 6.45) is 1.39. The van der Waals surface area contributed by atoms with Crippen molar-refractivity contribution in [1.29, 1.82) is 0 Å². The molecule has 0 unspecified atom stereocenters. The molecule has 1 heterocycles. The van der Waals surface area contributed by atoms with Gasteiger partial charge in [0.25, 0.3) is 0 Å². The van der Waals surface area contributed by atoms with Crippen molar-refractivity contribution in [1.82, 2.24) is 20.2 Å². The summed E-state index contributed by atoms with van der Waals surface area (Å²) in [7, 11) is -1.33. The zero-order chi connectivity index (χ0) is 17.9. The Balaban J connectivity index is 1.96. The number of aromatic nitrogens is 4. The van der Waals surface area contributed by atoms with Gasteiger partial charge in [-0.05, 0) is 34.7 Å². The molecule has 0 radical (unpaired) electrons. The Kier molecular flexibility index (Phi) is 4.52. The molecule has 10 heteroatoms. The highest BCUT2D eigenvalue weighted by atomic mass is 32.2. The average molecular weight is 362 g/mol. The lowest BCUT2D eigenvalue weighted by atomic mass is 10.3. The van der Waals surface area contributed by atoms with Crippen LogP contribution in [0, 0.1) is 0 Å². The number of ether oxygens (including phenoxy) is 2. The minimum atomic E-state index is -4.14. The molecule has 130 valence electrons. The second-order valence-corrected chi connectivity index (χ2v) is 6.32. The molecule has 0 aliphatic rings. The first-order chi connectivity index (χ1) is 12.0. The van der Waals surface area contributed by atoms with Crippen molar-refractivity contribution in [3.05, 3.63) is 48.8 Å². The van der Waals surface area contributed by atoms with Gasteiger partial charge in [-0.25, -0.2) is 4.68 Å². The van der Waals surface area contributed by atoms with Crippen LogP contribution in [-0.2, 0) is 10.1 Å². The van der Waals surface area contributed by atoms with Gasteiger partial charge in [0.15, 0.2) is 4.90 Å². The van der Waals surface area contributed by atoms with Crippen LogP contribution in [0.15, 0.2) is 53.7 Å². The van der Waals surface area contributed by atoms with Crippen molar-refractivity contribution in [2.45, 2.75) is 4.90 Å². The Morgan fingerprint density at radius 1 is 1.00 bits per heavy atom. The van der Waals surface area contributed by atoms with Crippen molar-refractivity contribution in [3.63, 3.8) is 0 Å². The summed E-state index contributed by atoms with van der Waals surface area (Å²) in [6, 6.07) is 10.8. The topological polar surface area (TPSA) is 105 Å². The molecule has 0 fully saturated rings. The Labute approximate surface area is 143 Å². The molecule has 0 amide bonds. The molecule has 9 nitrogen and oxygen atoms in total. The van der Waals surface area contributed by atoms with Crippen molar-refractivity contribution >= 4 is 10.1 Å². The Morgan fingerprint density at radius 3 is 2.52 bits per heavy atom. The summed E-state index contributed by atoms with van der Waals surface area (Å²) < 4.78 is 42.1. The van der Waals surface area contributed by atoms with Gasteiger partial charge < -0.3 is 13.7 Å². The number of rotatable bonds is 6. The number of methoxy groups -OCH3 is 2. The molecule has 0 aliphatic heterocycles. The average Bonchev–Trinajstić information content (AvgIpc) is 3.15. The zero-order valence-corrected chi connectivity index (χ0v) is 14.2. The van der Waals surface area contributed by atoms with Gasteiger partial charge in [0.05, 0.1) is 19.9 Å². The molecule has 0 aliphatic carbocycles. The van der Waals surface area contributed by atoms with Crippen LogP contribution in [0.2, 0.25) is 0 Å². The van der Waals surface area contributed by atoms with Gasteiger partial charge in [0.2, 0.25) is 0 Å². The van der Waals surface area contributed by atoms with Gasteiger partial charge in [-0.15, -0.1) is 5.10 Å². The lowest BCUT2D eigenvalue weighted by Crippen LogP contribution is -2.11. The normalized spacial score (nSPS) is 11.1. The third-order valence-corrected chi connectivity index (χ3v) is 4.55. The molecule has 0 bridgehead atoms. The van der Waals surface area contributed by atoms with E-state index in [1.807, 2.05) is 0 Å². The molecule has 3 aromatic rings. The third kappa shape index (κ3) is 3.53. The van der Waals surface area contributed by atoms with Gasteiger partial charge in [-0.2, -0.15) is 8.42 Å². The number of hydrogen-bond acceptors (Lipinski definition) is 8. The molecule has 0 N–H and O–H groups in total. The molecule has 3 rings (SSSR count). The number of tetrazole rings is 1. The molecule has 1 aromatic heterocycles. The van der Waals surface area contributed by atoms with Crippen LogP contribution in [0.4, 0.5) is 0 Å². The van der Waals surface area contributed by atoms with Crippen LogP contribution in [0.3, 0.4) is 0 Å². The Morgan fingerprint density at radius 2 is 1.84 bits per heavy atom. The van der Waals surface area contributed by atoms with E-state index in [-0.39, 0.29) is 16.4 Å². The summed E-state index contributed by atoms with van der Waals surface area (Å²) in [5, 5.41) is 10.8. The first-order valence-electron chi connectivity index (χ1n) is 7.03. The standard InChI is InChI=1S/C15H14N4O5S/c1-22-12-6-7-14(23-2)15(9-12)25(20,21)24-13-5-3-4-11(8-13)19-10-16-17-18-19/h3-10H,1-2H3. The van der Waals surface area contributed by atoms with E-state index in [4.69, 9.17) is 13.7 Å². The van der Waals surface area contributed by atoms with Gasteiger partial charge in [0, 0.05) is 12.1 Å². The predicted octanol–water partition coefficient (Wildman–Crippen LogP) is 1.45. The smallest absolute Gasteiger partial charge is 0.343 e. The van der Waals surface area contributed by atoms with Gasteiger partial charge in [-0.1, -0.05) is 6.07 Å². The van der Waals surface area contributed by atoms with Crippen LogP contribution in [0.1, 0.15) is 0 Å². The van der Waals surface area contributed by atoms with E-state index in [2.05, 4.69) is 15.5 Å². The largest absolute Gasteiger partial charge is 0.497 e. The highest BCUT2D eigenvalue weighted by Gasteiger charge is 2.23. The number of nitrogens with zero attached hydrogens (tertiary/aromatic N) is 4. The first kappa shape index (κ1) is 16.7. The fourth-order valence-corrected chi connectivity index (χ4v) is 3.21. The molecular weight excluding hydrogens is 348 g/mol. The summed E-state index contributed by atoms with van der Waals surface area (Å²) in [5.74, 6) is 0.626. The maximum Gasteiger partial charge on any atom is 0.343 e.